The molecule has 0 spiro atoms. The minimum atomic E-state index is -0.0926. The second kappa shape index (κ2) is 3.09. The van der Waals surface area contributed by atoms with E-state index in [9.17, 15) is 9.59 Å². The van der Waals surface area contributed by atoms with Crippen molar-refractivity contribution in [3.05, 3.63) is 0 Å². The third-order valence-corrected chi connectivity index (χ3v) is 3.37. The highest BCUT2D eigenvalue weighted by Gasteiger charge is 2.35. The van der Waals surface area contributed by atoms with Gasteiger partial charge in [-0.3, -0.25) is 9.59 Å². The van der Waals surface area contributed by atoms with Crippen LogP contribution in [-0.2, 0) is 9.59 Å². The number of hydrogen-bond donors (Lipinski definition) is 0. The Morgan fingerprint density at radius 1 is 1.42 bits per heavy atom. The van der Waals surface area contributed by atoms with Gasteiger partial charge < -0.3 is 4.90 Å². The predicted octanol–water partition coefficient (Wildman–Crippen LogP) is 0.641. The van der Waals surface area contributed by atoms with Crippen LogP contribution in [0.5, 0.6) is 0 Å². The van der Waals surface area contributed by atoms with Crippen molar-refractivity contribution in [1.82, 2.24) is 4.90 Å². The lowest BCUT2D eigenvalue weighted by Gasteiger charge is -2.19. The molecule has 0 saturated carbocycles. The van der Waals surface area contributed by atoms with Gasteiger partial charge in [-0.2, -0.15) is 0 Å². The van der Waals surface area contributed by atoms with Gasteiger partial charge in [0.1, 0.15) is 6.04 Å². The number of nitrogens with zero attached hydrogens (tertiary/aromatic N) is 1. The Balaban J connectivity index is 2.20. The molecule has 0 aliphatic carbocycles. The van der Waals surface area contributed by atoms with Crippen molar-refractivity contribution in [2.45, 2.75) is 25.3 Å². The van der Waals surface area contributed by atoms with E-state index in [-0.39, 0.29) is 17.1 Å². The molecule has 0 N–H and O–H groups in total. The fourth-order valence-corrected chi connectivity index (χ4v) is 2.70. The normalized spacial score (nSPS) is 30.3. The Labute approximate surface area is 75.5 Å². The van der Waals surface area contributed by atoms with E-state index in [0.29, 0.717) is 12.2 Å². The molecule has 4 heteroatoms. The minimum absolute atomic E-state index is 0.0926. The highest BCUT2D eigenvalue weighted by Crippen LogP contribution is 2.26. The molecule has 0 aromatic rings. The van der Waals surface area contributed by atoms with Crippen LogP contribution in [0.4, 0.5) is 0 Å². The molecule has 2 saturated heterocycles. The zero-order valence-corrected chi connectivity index (χ0v) is 7.60. The fourth-order valence-electron chi connectivity index (χ4n) is 1.79. The third kappa shape index (κ3) is 1.24. The van der Waals surface area contributed by atoms with E-state index >= 15 is 0 Å². The van der Waals surface area contributed by atoms with Gasteiger partial charge in [0, 0.05) is 18.7 Å². The summed E-state index contributed by atoms with van der Waals surface area (Å²) >= 11 is 1.32. The maximum Gasteiger partial charge on any atom is 0.224 e. The van der Waals surface area contributed by atoms with Gasteiger partial charge in [0.15, 0.2) is 0 Å². The van der Waals surface area contributed by atoms with E-state index in [0.717, 1.165) is 19.4 Å². The van der Waals surface area contributed by atoms with Crippen molar-refractivity contribution in [2.75, 3.05) is 12.3 Å². The number of amides is 1. The van der Waals surface area contributed by atoms with Gasteiger partial charge in [-0.1, -0.05) is 11.8 Å². The molecule has 0 aromatic carbocycles. The Morgan fingerprint density at radius 3 is 3.08 bits per heavy atom. The number of hydrogen-bond acceptors (Lipinski definition) is 3. The zero-order valence-electron chi connectivity index (χ0n) is 6.78. The largest absolute Gasteiger partial charge is 0.332 e. The maximum atomic E-state index is 11.4. The SMILES string of the molecule is O=C1SCCC(=O)N2CCCC12. The monoisotopic (exact) mass is 185 g/mol. The molecule has 0 aromatic heterocycles. The molecule has 2 heterocycles. The number of thioether (sulfide) groups is 1. The smallest absolute Gasteiger partial charge is 0.224 e. The van der Waals surface area contributed by atoms with Crippen LogP contribution in [0.2, 0.25) is 0 Å². The van der Waals surface area contributed by atoms with Gasteiger partial charge in [-0.05, 0) is 12.8 Å². The maximum absolute atomic E-state index is 11.4. The van der Waals surface area contributed by atoms with Crippen molar-refractivity contribution in [2.24, 2.45) is 0 Å². The highest BCUT2D eigenvalue weighted by molar-refractivity contribution is 8.13. The zero-order chi connectivity index (χ0) is 8.55. The molecule has 12 heavy (non-hydrogen) atoms. The van der Waals surface area contributed by atoms with E-state index in [2.05, 4.69) is 0 Å². The van der Waals surface area contributed by atoms with Crippen LogP contribution in [0.3, 0.4) is 0 Å². The first-order valence-corrected chi connectivity index (χ1v) is 5.24. The summed E-state index contributed by atoms with van der Waals surface area (Å²) < 4.78 is 0. The summed E-state index contributed by atoms with van der Waals surface area (Å²) in [5.74, 6) is 0.834. The highest BCUT2D eigenvalue weighted by atomic mass is 32.2. The molecule has 2 fully saturated rings. The Morgan fingerprint density at radius 2 is 2.25 bits per heavy atom. The summed E-state index contributed by atoms with van der Waals surface area (Å²) in [7, 11) is 0. The second-order valence-corrected chi connectivity index (χ2v) is 4.26. The average Bonchev–Trinajstić information content (AvgIpc) is 2.47. The van der Waals surface area contributed by atoms with E-state index in [1.165, 1.54) is 11.8 Å². The van der Waals surface area contributed by atoms with Crippen molar-refractivity contribution >= 4 is 22.8 Å². The van der Waals surface area contributed by atoms with Crippen molar-refractivity contribution in [3.8, 4) is 0 Å². The molecule has 0 bridgehead atoms. The first-order chi connectivity index (χ1) is 5.79. The second-order valence-electron chi connectivity index (χ2n) is 3.16. The topological polar surface area (TPSA) is 37.4 Å². The number of fused-ring (bicyclic) bond motifs is 1. The quantitative estimate of drug-likeness (QED) is 0.556. The van der Waals surface area contributed by atoms with E-state index in [1.807, 2.05) is 0 Å². The van der Waals surface area contributed by atoms with E-state index in [4.69, 9.17) is 0 Å². The van der Waals surface area contributed by atoms with Gasteiger partial charge in [-0.25, -0.2) is 0 Å². The Bertz CT molecular complexity index is 207. The van der Waals surface area contributed by atoms with Gasteiger partial charge in [-0.15, -0.1) is 0 Å². The molecular formula is C8H11NO2S. The van der Waals surface area contributed by atoms with E-state index < -0.39 is 0 Å². The minimum Gasteiger partial charge on any atom is -0.332 e. The van der Waals surface area contributed by atoms with Crippen LogP contribution in [-0.4, -0.2) is 34.3 Å². The van der Waals surface area contributed by atoms with Crippen LogP contribution in [0.1, 0.15) is 19.3 Å². The van der Waals surface area contributed by atoms with Gasteiger partial charge >= 0.3 is 0 Å². The van der Waals surface area contributed by atoms with Crippen LogP contribution in [0, 0.1) is 0 Å². The molecule has 2 aliphatic rings. The Hall–Kier alpha value is -0.510. The first kappa shape index (κ1) is 8.10. The van der Waals surface area contributed by atoms with Crippen LogP contribution >= 0.6 is 11.8 Å². The lowest BCUT2D eigenvalue weighted by Crippen LogP contribution is -2.37. The van der Waals surface area contributed by atoms with Gasteiger partial charge in [0.2, 0.25) is 11.0 Å². The number of carbonyl (C=O) groups excluding carboxylic acids is 2. The van der Waals surface area contributed by atoms with Crippen molar-refractivity contribution < 1.29 is 9.59 Å². The van der Waals surface area contributed by atoms with Crippen LogP contribution in [0.25, 0.3) is 0 Å². The van der Waals surface area contributed by atoms with Crippen LogP contribution in [0.15, 0.2) is 0 Å². The van der Waals surface area contributed by atoms with Crippen LogP contribution < -0.4 is 0 Å². The third-order valence-electron chi connectivity index (χ3n) is 2.41. The first-order valence-electron chi connectivity index (χ1n) is 4.25. The summed E-state index contributed by atoms with van der Waals surface area (Å²) in [6, 6.07) is -0.0926. The fraction of sp³-hybridized carbons (Fsp3) is 0.750. The summed E-state index contributed by atoms with van der Waals surface area (Å²) in [6.45, 7) is 0.788. The molecule has 1 atom stereocenters. The molecular weight excluding hydrogens is 174 g/mol. The molecule has 3 nitrogen and oxygen atoms in total. The van der Waals surface area contributed by atoms with Crippen molar-refractivity contribution in [3.63, 3.8) is 0 Å². The lowest BCUT2D eigenvalue weighted by atomic mass is 10.2. The number of rotatable bonds is 0. The predicted molar refractivity (Wildman–Crippen MR) is 46.8 cm³/mol. The summed E-state index contributed by atoms with van der Waals surface area (Å²) in [6.07, 6.45) is 2.40. The summed E-state index contributed by atoms with van der Waals surface area (Å²) in [5, 5.41) is 0.193. The number of carbonyl (C=O) groups is 2. The molecule has 66 valence electrons. The summed E-state index contributed by atoms with van der Waals surface area (Å²) in [5.41, 5.74) is 0. The molecule has 1 unspecified atom stereocenters. The molecule has 1 amide bonds. The Kier molecular flexibility index (Phi) is 2.09. The van der Waals surface area contributed by atoms with E-state index in [1.54, 1.807) is 4.90 Å². The van der Waals surface area contributed by atoms with Crippen molar-refractivity contribution in [1.29, 1.82) is 0 Å². The van der Waals surface area contributed by atoms with Gasteiger partial charge in [0.25, 0.3) is 0 Å². The molecule has 2 aliphatic heterocycles. The molecule has 0 radical (unpaired) electrons. The standard InChI is InChI=1S/C8H11NO2S/c10-7-3-5-12-8(11)6-2-1-4-9(6)7/h6H,1-5H2. The summed E-state index contributed by atoms with van der Waals surface area (Å²) in [4.78, 5) is 24.6. The van der Waals surface area contributed by atoms with Gasteiger partial charge in [0.05, 0.1) is 0 Å². The average molecular weight is 185 g/mol. The molecule has 2 rings (SSSR count). The lowest BCUT2D eigenvalue weighted by molar-refractivity contribution is -0.134.